The van der Waals surface area contributed by atoms with Crippen LogP contribution < -0.4 is 11.1 Å². The maximum Gasteiger partial charge on any atom is 0.177 e. The predicted octanol–water partition coefficient (Wildman–Crippen LogP) is 1.88. The molecule has 96 valence electrons. The van der Waals surface area contributed by atoms with E-state index in [0.29, 0.717) is 12.2 Å². The molecule has 0 aliphatic heterocycles. The van der Waals surface area contributed by atoms with Gasteiger partial charge in [-0.1, -0.05) is 6.07 Å². The summed E-state index contributed by atoms with van der Waals surface area (Å²) in [5.74, 6) is 0.749. The minimum Gasteiger partial charge on any atom is -0.467 e. The normalized spacial score (nSPS) is 11.4. The number of nitrogens with one attached hydrogen (secondary N) is 1. The molecule has 0 unspecified atom stereocenters. The molecule has 1 heterocycles. The van der Waals surface area contributed by atoms with E-state index in [-0.39, 0.29) is 10.6 Å². The average molecular weight is 266 g/mol. The third-order valence-electron chi connectivity index (χ3n) is 2.50. The van der Waals surface area contributed by atoms with E-state index in [2.05, 4.69) is 5.32 Å². The van der Waals surface area contributed by atoms with Crippen LogP contribution in [-0.4, -0.2) is 14.7 Å². The van der Waals surface area contributed by atoms with Crippen LogP contribution in [0.3, 0.4) is 0 Å². The molecular weight excluding hydrogens is 252 g/mol. The van der Waals surface area contributed by atoms with E-state index in [4.69, 9.17) is 10.2 Å². The number of rotatable bonds is 4. The summed E-state index contributed by atoms with van der Waals surface area (Å²) < 4.78 is 28.2. The fraction of sp³-hybridized carbons (Fsp3) is 0.167. The van der Waals surface area contributed by atoms with Crippen LogP contribution in [0, 0.1) is 0 Å². The van der Waals surface area contributed by atoms with Crippen LogP contribution >= 0.6 is 0 Å². The average Bonchev–Trinajstić information content (AvgIpc) is 2.79. The molecule has 0 aliphatic rings. The third-order valence-corrected chi connectivity index (χ3v) is 3.65. The lowest BCUT2D eigenvalue weighted by molar-refractivity contribution is 0.518. The Labute approximate surface area is 106 Å². The van der Waals surface area contributed by atoms with Crippen LogP contribution in [0.4, 0.5) is 11.4 Å². The number of para-hydroxylation sites is 1. The summed E-state index contributed by atoms with van der Waals surface area (Å²) in [7, 11) is -3.32. The van der Waals surface area contributed by atoms with Gasteiger partial charge in [-0.25, -0.2) is 8.42 Å². The maximum atomic E-state index is 11.5. The van der Waals surface area contributed by atoms with E-state index in [9.17, 15) is 8.42 Å². The van der Waals surface area contributed by atoms with Gasteiger partial charge in [0.05, 0.1) is 29.1 Å². The van der Waals surface area contributed by atoms with Gasteiger partial charge in [-0.2, -0.15) is 0 Å². The van der Waals surface area contributed by atoms with Crippen LogP contribution in [0.15, 0.2) is 45.9 Å². The second kappa shape index (κ2) is 4.73. The number of benzene rings is 1. The number of anilines is 2. The Bertz CT molecular complexity index is 633. The zero-order valence-corrected chi connectivity index (χ0v) is 10.7. The molecule has 0 spiro atoms. The molecule has 18 heavy (non-hydrogen) atoms. The SMILES string of the molecule is CS(=O)(=O)c1cccc(NCc2ccco2)c1N. The van der Waals surface area contributed by atoms with Gasteiger partial charge in [0, 0.05) is 6.26 Å². The molecule has 0 radical (unpaired) electrons. The number of nitrogen functional groups attached to an aromatic ring is 1. The Morgan fingerprint density at radius 2 is 2.06 bits per heavy atom. The monoisotopic (exact) mass is 266 g/mol. The molecule has 0 fully saturated rings. The Hall–Kier alpha value is -1.95. The smallest absolute Gasteiger partial charge is 0.177 e. The minimum atomic E-state index is -3.32. The second-order valence-corrected chi connectivity index (χ2v) is 5.91. The molecule has 1 aromatic heterocycles. The molecule has 0 bridgehead atoms. The Kier molecular flexibility index (Phi) is 3.29. The summed E-state index contributed by atoms with van der Waals surface area (Å²) >= 11 is 0. The quantitative estimate of drug-likeness (QED) is 0.825. The molecule has 6 heteroatoms. The summed E-state index contributed by atoms with van der Waals surface area (Å²) in [6, 6.07) is 8.48. The molecule has 5 nitrogen and oxygen atoms in total. The van der Waals surface area contributed by atoms with Crippen LogP contribution in [0.5, 0.6) is 0 Å². The standard InChI is InChI=1S/C12H14N2O3S/c1-18(15,16)11-6-2-5-10(12(11)13)14-8-9-4-3-7-17-9/h2-7,14H,8,13H2,1H3. The van der Waals surface area contributed by atoms with Crippen molar-refractivity contribution in [2.45, 2.75) is 11.4 Å². The molecule has 0 aliphatic carbocycles. The molecule has 2 aromatic rings. The van der Waals surface area contributed by atoms with Crippen LogP contribution in [-0.2, 0) is 16.4 Å². The number of sulfone groups is 1. The van der Waals surface area contributed by atoms with Gasteiger partial charge in [-0.3, -0.25) is 0 Å². The molecule has 0 atom stereocenters. The lowest BCUT2D eigenvalue weighted by Crippen LogP contribution is -2.07. The predicted molar refractivity (Wildman–Crippen MR) is 70.0 cm³/mol. The van der Waals surface area contributed by atoms with Gasteiger partial charge < -0.3 is 15.5 Å². The highest BCUT2D eigenvalue weighted by molar-refractivity contribution is 7.90. The molecule has 0 saturated carbocycles. The molecule has 1 aromatic carbocycles. The second-order valence-electron chi connectivity index (χ2n) is 3.92. The topological polar surface area (TPSA) is 85.3 Å². The number of nitrogens with two attached hydrogens (primary N) is 1. The first-order valence-corrected chi connectivity index (χ1v) is 7.22. The largest absolute Gasteiger partial charge is 0.467 e. The zero-order valence-electron chi connectivity index (χ0n) is 9.88. The number of hydrogen-bond acceptors (Lipinski definition) is 5. The fourth-order valence-electron chi connectivity index (χ4n) is 1.62. The van der Waals surface area contributed by atoms with Crippen molar-refractivity contribution >= 4 is 21.2 Å². The Morgan fingerprint density at radius 1 is 1.28 bits per heavy atom. The van der Waals surface area contributed by atoms with E-state index >= 15 is 0 Å². The van der Waals surface area contributed by atoms with Crippen molar-refractivity contribution in [3.8, 4) is 0 Å². The summed E-state index contributed by atoms with van der Waals surface area (Å²) in [6.07, 6.45) is 2.71. The molecule has 2 rings (SSSR count). The summed E-state index contributed by atoms with van der Waals surface area (Å²) in [5, 5.41) is 3.04. The van der Waals surface area contributed by atoms with Gasteiger partial charge in [0.25, 0.3) is 0 Å². The van der Waals surface area contributed by atoms with Gasteiger partial charge in [-0.15, -0.1) is 0 Å². The maximum absolute atomic E-state index is 11.5. The lowest BCUT2D eigenvalue weighted by atomic mass is 10.2. The van der Waals surface area contributed by atoms with Crippen LogP contribution in [0.25, 0.3) is 0 Å². The Morgan fingerprint density at radius 3 is 2.67 bits per heavy atom. The highest BCUT2D eigenvalue weighted by Crippen LogP contribution is 2.26. The fourth-order valence-corrected chi connectivity index (χ4v) is 2.45. The van der Waals surface area contributed by atoms with E-state index in [1.54, 1.807) is 24.5 Å². The van der Waals surface area contributed by atoms with Crippen molar-refractivity contribution < 1.29 is 12.8 Å². The van der Waals surface area contributed by atoms with Gasteiger partial charge in [-0.05, 0) is 24.3 Å². The molecular formula is C12H14N2O3S. The van der Waals surface area contributed by atoms with E-state index in [1.807, 2.05) is 6.07 Å². The highest BCUT2D eigenvalue weighted by Gasteiger charge is 2.13. The van der Waals surface area contributed by atoms with Gasteiger partial charge in [0.15, 0.2) is 9.84 Å². The van der Waals surface area contributed by atoms with Crippen molar-refractivity contribution in [2.75, 3.05) is 17.3 Å². The third kappa shape index (κ3) is 2.65. The van der Waals surface area contributed by atoms with E-state index in [1.165, 1.54) is 6.07 Å². The minimum absolute atomic E-state index is 0.131. The summed E-state index contributed by atoms with van der Waals surface area (Å²) in [4.78, 5) is 0.131. The first-order chi connectivity index (χ1) is 8.48. The lowest BCUT2D eigenvalue weighted by Gasteiger charge is -2.11. The summed E-state index contributed by atoms with van der Waals surface area (Å²) in [6.45, 7) is 0.449. The Balaban J connectivity index is 2.24. The highest BCUT2D eigenvalue weighted by atomic mass is 32.2. The van der Waals surface area contributed by atoms with Crippen LogP contribution in [0.1, 0.15) is 5.76 Å². The van der Waals surface area contributed by atoms with E-state index in [0.717, 1.165) is 12.0 Å². The van der Waals surface area contributed by atoms with Gasteiger partial charge >= 0.3 is 0 Å². The van der Waals surface area contributed by atoms with E-state index < -0.39 is 9.84 Å². The van der Waals surface area contributed by atoms with Gasteiger partial charge in [0.1, 0.15) is 5.76 Å². The van der Waals surface area contributed by atoms with Crippen molar-refractivity contribution in [3.05, 3.63) is 42.4 Å². The van der Waals surface area contributed by atoms with Crippen molar-refractivity contribution in [1.29, 1.82) is 0 Å². The number of furan rings is 1. The molecule has 0 amide bonds. The molecule has 3 N–H and O–H groups in total. The zero-order chi connectivity index (χ0) is 13.2. The van der Waals surface area contributed by atoms with Crippen molar-refractivity contribution in [1.82, 2.24) is 0 Å². The van der Waals surface area contributed by atoms with Crippen molar-refractivity contribution in [2.24, 2.45) is 0 Å². The van der Waals surface area contributed by atoms with Gasteiger partial charge in [0.2, 0.25) is 0 Å². The van der Waals surface area contributed by atoms with Crippen molar-refractivity contribution in [3.63, 3.8) is 0 Å². The number of hydrogen-bond donors (Lipinski definition) is 2. The molecule has 0 saturated heterocycles. The van der Waals surface area contributed by atoms with Crippen LogP contribution in [0.2, 0.25) is 0 Å². The first-order valence-electron chi connectivity index (χ1n) is 5.33. The first kappa shape index (κ1) is 12.5. The summed E-state index contributed by atoms with van der Waals surface area (Å²) in [5.41, 5.74) is 6.64.